The SMILES string of the molecule is Cc1cc(NCCn2ccc3ccccc32)nc(Cl)n1. The Labute approximate surface area is 122 Å². The molecule has 2 aromatic heterocycles. The molecule has 3 aromatic rings. The molecule has 102 valence electrons. The first-order valence-corrected chi connectivity index (χ1v) is 6.89. The zero-order chi connectivity index (χ0) is 13.9. The van der Waals surface area contributed by atoms with E-state index in [0.717, 1.165) is 24.6 Å². The van der Waals surface area contributed by atoms with Crippen molar-refractivity contribution in [3.8, 4) is 0 Å². The molecule has 0 atom stereocenters. The van der Waals surface area contributed by atoms with Gasteiger partial charge >= 0.3 is 0 Å². The van der Waals surface area contributed by atoms with Gasteiger partial charge in [0.05, 0.1) is 0 Å². The number of hydrogen-bond donors (Lipinski definition) is 1. The van der Waals surface area contributed by atoms with Gasteiger partial charge < -0.3 is 9.88 Å². The fourth-order valence-electron chi connectivity index (χ4n) is 2.26. The number of benzene rings is 1. The molecule has 4 nitrogen and oxygen atoms in total. The summed E-state index contributed by atoms with van der Waals surface area (Å²) in [6, 6.07) is 12.4. The predicted octanol–water partition coefficient (Wildman–Crippen LogP) is 3.51. The van der Waals surface area contributed by atoms with Crippen molar-refractivity contribution in [2.75, 3.05) is 11.9 Å². The van der Waals surface area contributed by atoms with Crippen LogP contribution in [0.1, 0.15) is 5.69 Å². The van der Waals surface area contributed by atoms with Crippen LogP contribution in [0, 0.1) is 6.92 Å². The summed E-state index contributed by atoms with van der Waals surface area (Å²) in [6.07, 6.45) is 2.10. The summed E-state index contributed by atoms with van der Waals surface area (Å²) in [5, 5.41) is 4.81. The van der Waals surface area contributed by atoms with Crippen molar-refractivity contribution < 1.29 is 0 Å². The maximum atomic E-state index is 5.84. The molecule has 0 saturated carbocycles. The highest BCUT2D eigenvalue weighted by Gasteiger charge is 2.01. The summed E-state index contributed by atoms with van der Waals surface area (Å²) in [4.78, 5) is 8.19. The van der Waals surface area contributed by atoms with Crippen LogP contribution in [-0.2, 0) is 6.54 Å². The minimum Gasteiger partial charge on any atom is -0.368 e. The van der Waals surface area contributed by atoms with E-state index in [1.807, 2.05) is 13.0 Å². The average Bonchev–Trinajstić information content (AvgIpc) is 2.81. The Balaban J connectivity index is 1.68. The highest BCUT2D eigenvalue weighted by atomic mass is 35.5. The van der Waals surface area contributed by atoms with E-state index in [2.05, 4.69) is 56.4 Å². The molecule has 0 fully saturated rings. The van der Waals surface area contributed by atoms with Crippen molar-refractivity contribution in [1.82, 2.24) is 14.5 Å². The lowest BCUT2D eigenvalue weighted by Gasteiger charge is -2.08. The zero-order valence-corrected chi connectivity index (χ0v) is 11.9. The van der Waals surface area contributed by atoms with Crippen LogP contribution in [0.15, 0.2) is 42.6 Å². The molecule has 5 heteroatoms. The molecule has 0 amide bonds. The van der Waals surface area contributed by atoms with Crippen LogP contribution in [0.5, 0.6) is 0 Å². The van der Waals surface area contributed by atoms with E-state index in [9.17, 15) is 0 Å². The summed E-state index contributed by atoms with van der Waals surface area (Å²) in [5.74, 6) is 0.763. The molecule has 2 heterocycles. The summed E-state index contributed by atoms with van der Waals surface area (Å²) in [7, 11) is 0. The summed E-state index contributed by atoms with van der Waals surface area (Å²) in [5.41, 5.74) is 2.10. The number of anilines is 1. The number of fused-ring (bicyclic) bond motifs is 1. The monoisotopic (exact) mass is 286 g/mol. The first-order chi connectivity index (χ1) is 9.72. The lowest BCUT2D eigenvalue weighted by atomic mass is 10.2. The third kappa shape index (κ3) is 2.75. The Bertz CT molecular complexity index is 715. The first kappa shape index (κ1) is 12.9. The Morgan fingerprint density at radius 2 is 2.05 bits per heavy atom. The molecule has 0 radical (unpaired) electrons. The lowest BCUT2D eigenvalue weighted by molar-refractivity contribution is 0.755. The van der Waals surface area contributed by atoms with Gasteiger partial charge in [0.25, 0.3) is 0 Å². The van der Waals surface area contributed by atoms with E-state index in [4.69, 9.17) is 11.6 Å². The topological polar surface area (TPSA) is 42.7 Å². The molecule has 0 aliphatic carbocycles. The second kappa shape index (κ2) is 5.51. The highest BCUT2D eigenvalue weighted by molar-refractivity contribution is 6.28. The number of halogens is 1. The molecule has 0 aliphatic heterocycles. The number of nitrogens with zero attached hydrogens (tertiary/aromatic N) is 3. The smallest absolute Gasteiger partial charge is 0.224 e. The van der Waals surface area contributed by atoms with Crippen molar-refractivity contribution in [2.24, 2.45) is 0 Å². The van der Waals surface area contributed by atoms with E-state index in [1.54, 1.807) is 0 Å². The van der Waals surface area contributed by atoms with Crippen molar-refractivity contribution in [1.29, 1.82) is 0 Å². The third-order valence-corrected chi connectivity index (χ3v) is 3.34. The standard InChI is InChI=1S/C15H15ClN4/c1-11-10-14(19-15(16)18-11)17-7-9-20-8-6-12-4-2-3-5-13(12)20/h2-6,8,10H,7,9H2,1H3,(H,17,18,19). The van der Waals surface area contributed by atoms with Gasteiger partial charge in [0.1, 0.15) is 5.82 Å². The number of para-hydroxylation sites is 1. The van der Waals surface area contributed by atoms with Crippen molar-refractivity contribution in [3.63, 3.8) is 0 Å². The van der Waals surface area contributed by atoms with E-state index in [-0.39, 0.29) is 5.28 Å². The number of nitrogens with one attached hydrogen (secondary N) is 1. The molecule has 3 rings (SSSR count). The molecule has 0 unspecified atom stereocenters. The fourth-order valence-corrected chi connectivity index (χ4v) is 2.49. The lowest BCUT2D eigenvalue weighted by Crippen LogP contribution is -2.11. The minimum atomic E-state index is 0.277. The molecule has 0 saturated heterocycles. The van der Waals surface area contributed by atoms with Crippen LogP contribution in [0.3, 0.4) is 0 Å². The quantitative estimate of drug-likeness (QED) is 0.747. The largest absolute Gasteiger partial charge is 0.368 e. The number of rotatable bonds is 4. The van der Waals surface area contributed by atoms with Crippen LogP contribution < -0.4 is 5.32 Å². The van der Waals surface area contributed by atoms with Crippen LogP contribution >= 0.6 is 11.6 Å². The third-order valence-electron chi connectivity index (χ3n) is 3.17. The minimum absolute atomic E-state index is 0.277. The van der Waals surface area contributed by atoms with Crippen LogP contribution in [0.2, 0.25) is 5.28 Å². The van der Waals surface area contributed by atoms with Crippen molar-refractivity contribution >= 4 is 28.3 Å². The van der Waals surface area contributed by atoms with Gasteiger partial charge in [0.2, 0.25) is 5.28 Å². The van der Waals surface area contributed by atoms with Gasteiger partial charge in [-0.05, 0) is 36.0 Å². The van der Waals surface area contributed by atoms with Gasteiger partial charge in [-0.25, -0.2) is 9.97 Å². The van der Waals surface area contributed by atoms with Gasteiger partial charge in [0.15, 0.2) is 0 Å². The summed E-state index contributed by atoms with van der Waals surface area (Å²) < 4.78 is 2.22. The maximum Gasteiger partial charge on any atom is 0.224 e. The predicted molar refractivity (Wildman–Crippen MR) is 82.2 cm³/mol. The van der Waals surface area contributed by atoms with Gasteiger partial charge in [-0.3, -0.25) is 0 Å². The van der Waals surface area contributed by atoms with E-state index < -0.39 is 0 Å². The molecular formula is C15H15ClN4. The van der Waals surface area contributed by atoms with E-state index >= 15 is 0 Å². The Hall–Kier alpha value is -2.07. The number of aryl methyl sites for hydroxylation is 1. The molecule has 1 aromatic carbocycles. The van der Waals surface area contributed by atoms with E-state index in [1.165, 1.54) is 10.9 Å². The van der Waals surface area contributed by atoms with Crippen molar-refractivity contribution in [2.45, 2.75) is 13.5 Å². The normalized spacial score (nSPS) is 10.9. The van der Waals surface area contributed by atoms with Crippen LogP contribution in [-0.4, -0.2) is 21.1 Å². The van der Waals surface area contributed by atoms with Crippen molar-refractivity contribution in [3.05, 3.63) is 53.6 Å². The summed E-state index contributed by atoms with van der Waals surface area (Å²) in [6.45, 7) is 3.55. The average molecular weight is 287 g/mol. The van der Waals surface area contributed by atoms with Gasteiger partial charge in [0, 0.05) is 36.6 Å². The van der Waals surface area contributed by atoms with Gasteiger partial charge in [-0.2, -0.15) is 0 Å². The second-order valence-electron chi connectivity index (χ2n) is 4.66. The molecule has 0 bridgehead atoms. The zero-order valence-electron chi connectivity index (χ0n) is 11.2. The summed E-state index contributed by atoms with van der Waals surface area (Å²) >= 11 is 5.84. The molecular weight excluding hydrogens is 272 g/mol. The van der Waals surface area contributed by atoms with Crippen LogP contribution in [0.4, 0.5) is 5.82 Å². The van der Waals surface area contributed by atoms with E-state index in [0.29, 0.717) is 0 Å². The van der Waals surface area contributed by atoms with Crippen LogP contribution in [0.25, 0.3) is 10.9 Å². The molecule has 0 aliphatic rings. The van der Waals surface area contributed by atoms with Gasteiger partial charge in [-0.15, -0.1) is 0 Å². The Kier molecular flexibility index (Phi) is 3.56. The molecule has 0 spiro atoms. The Morgan fingerprint density at radius 3 is 2.90 bits per heavy atom. The molecule has 1 N–H and O–H groups in total. The Morgan fingerprint density at radius 1 is 1.20 bits per heavy atom. The highest BCUT2D eigenvalue weighted by Crippen LogP contribution is 2.15. The first-order valence-electron chi connectivity index (χ1n) is 6.51. The number of hydrogen-bond acceptors (Lipinski definition) is 3. The number of aromatic nitrogens is 3. The van der Waals surface area contributed by atoms with Gasteiger partial charge in [-0.1, -0.05) is 18.2 Å². The fraction of sp³-hybridized carbons (Fsp3) is 0.200. The maximum absolute atomic E-state index is 5.84. The molecule has 20 heavy (non-hydrogen) atoms. The second-order valence-corrected chi connectivity index (χ2v) is 5.00.